The van der Waals surface area contributed by atoms with Crippen LogP contribution in [-0.2, 0) is 19.1 Å². The summed E-state index contributed by atoms with van der Waals surface area (Å²) in [6.45, 7) is 3.25. The molecule has 4 rings (SSSR count). The molecule has 3 heterocycles. The van der Waals surface area contributed by atoms with Gasteiger partial charge in [0.25, 0.3) is 0 Å². The molecule has 3 aliphatic rings. The van der Waals surface area contributed by atoms with Gasteiger partial charge < -0.3 is 19.3 Å². The highest BCUT2D eigenvalue weighted by atomic mass is 32.2. The number of nitrogens with zero attached hydrogens (tertiary/aromatic N) is 2. The normalized spacial score (nSPS) is 21.9. The topological polar surface area (TPSA) is 59.1 Å². The third-order valence-electron chi connectivity index (χ3n) is 5.27. The van der Waals surface area contributed by atoms with Crippen molar-refractivity contribution in [2.24, 2.45) is 0 Å². The Morgan fingerprint density at radius 3 is 2.65 bits per heavy atom. The molecule has 0 atom stereocenters. The Labute approximate surface area is 157 Å². The Kier molecular flexibility index (Phi) is 5.20. The van der Waals surface area contributed by atoms with Gasteiger partial charge in [0, 0.05) is 43.8 Å². The van der Waals surface area contributed by atoms with E-state index in [-0.39, 0.29) is 11.8 Å². The second-order valence-electron chi connectivity index (χ2n) is 6.89. The zero-order valence-corrected chi connectivity index (χ0v) is 15.6. The second kappa shape index (κ2) is 7.58. The lowest BCUT2D eigenvalue weighted by atomic mass is 10.0. The highest BCUT2D eigenvalue weighted by Gasteiger charge is 2.40. The van der Waals surface area contributed by atoms with Crippen molar-refractivity contribution < 1.29 is 19.1 Å². The van der Waals surface area contributed by atoms with Crippen LogP contribution in [-0.4, -0.2) is 61.1 Å². The number of para-hydroxylation sites is 1. The number of hydrogen-bond acceptors (Lipinski definition) is 5. The van der Waals surface area contributed by atoms with E-state index in [4.69, 9.17) is 9.47 Å². The molecule has 2 fully saturated rings. The SMILES string of the molecule is O=C(CCCN1C(=O)CSc2ccccc21)N1CCC2(CC1)OCCO2. The maximum atomic E-state index is 12.5. The molecule has 0 aromatic heterocycles. The van der Waals surface area contributed by atoms with Gasteiger partial charge in [0.2, 0.25) is 11.8 Å². The molecule has 7 heteroatoms. The first-order valence-electron chi connectivity index (χ1n) is 9.25. The average molecular weight is 376 g/mol. The first-order chi connectivity index (χ1) is 12.7. The molecule has 26 heavy (non-hydrogen) atoms. The highest BCUT2D eigenvalue weighted by Crippen LogP contribution is 2.35. The molecule has 1 aromatic carbocycles. The minimum Gasteiger partial charge on any atom is -0.347 e. The van der Waals surface area contributed by atoms with Crippen molar-refractivity contribution >= 4 is 29.3 Å². The monoisotopic (exact) mass is 376 g/mol. The van der Waals surface area contributed by atoms with E-state index in [1.165, 1.54) is 0 Å². The lowest BCUT2D eigenvalue weighted by molar-refractivity contribution is -0.187. The van der Waals surface area contributed by atoms with E-state index in [2.05, 4.69) is 0 Å². The van der Waals surface area contributed by atoms with E-state index < -0.39 is 5.79 Å². The Morgan fingerprint density at radius 1 is 1.15 bits per heavy atom. The summed E-state index contributed by atoms with van der Waals surface area (Å²) in [5.74, 6) is 0.305. The van der Waals surface area contributed by atoms with Crippen LogP contribution < -0.4 is 4.90 Å². The fraction of sp³-hybridized carbons (Fsp3) is 0.579. The van der Waals surface area contributed by atoms with Gasteiger partial charge in [-0.1, -0.05) is 12.1 Å². The van der Waals surface area contributed by atoms with Gasteiger partial charge in [-0.2, -0.15) is 0 Å². The van der Waals surface area contributed by atoms with E-state index in [0.717, 1.165) is 23.4 Å². The summed E-state index contributed by atoms with van der Waals surface area (Å²) < 4.78 is 11.4. The van der Waals surface area contributed by atoms with Crippen LogP contribution in [0.4, 0.5) is 5.69 Å². The molecule has 6 nitrogen and oxygen atoms in total. The van der Waals surface area contributed by atoms with Crippen LogP contribution in [0.1, 0.15) is 25.7 Å². The number of hydrogen-bond donors (Lipinski definition) is 0. The first kappa shape index (κ1) is 17.8. The summed E-state index contributed by atoms with van der Waals surface area (Å²) in [5.41, 5.74) is 0.969. The van der Waals surface area contributed by atoms with Crippen LogP contribution in [0.5, 0.6) is 0 Å². The van der Waals surface area contributed by atoms with E-state index in [1.807, 2.05) is 34.1 Å². The van der Waals surface area contributed by atoms with Crippen LogP contribution in [0.15, 0.2) is 29.2 Å². The predicted molar refractivity (Wildman–Crippen MR) is 99.2 cm³/mol. The van der Waals surface area contributed by atoms with Crippen LogP contribution in [0.25, 0.3) is 0 Å². The molecule has 1 spiro atoms. The van der Waals surface area contributed by atoms with Crippen molar-refractivity contribution in [2.45, 2.75) is 36.4 Å². The number of fused-ring (bicyclic) bond motifs is 1. The fourth-order valence-electron chi connectivity index (χ4n) is 3.83. The summed E-state index contributed by atoms with van der Waals surface area (Å²) in [6, 6.07) is 7.96. The maximum Gasteiger partial charge on any atom is 0.237 e. The number of benzene rings is 1. The smallest absolute Gasteiger partial charge is 0.237 e. The summed E-state index contributed by atoms with van der Waals surface area (Å²) in [7, 11) is 0. The van der Waals surface area contributed by atoms with Crippen LogP contribution in [0.2, 0.25) is 0 Å². The minimum atomic E-state index is -0.446. The van der Waals surface area contributed by atoms with Crippen LogP contribution in [0.3, 0.4) is 0 Å². The van der Waals surface area contributed by atoms with Crippen molar-refractivity contribution in [1.29, 1.82) is 0 Å². The standard InChI is InChI=1S/C19H24N2O4S/c22-17(20-10-7-19(8-11-20)24-12-13-25-19)6-3-9-21-15-4-1-2-5-16(15)26-14-18(21)23/h1-2,4-5H,3,6-14H2. The summed E-state index contributed by atoms with van der Waals surface area (Å²) in [4.78, 5) is 29.6. The molecule has 3 aliphatic heterocycles. The summed E-state index contributed by atoms with van der Waals surface area (Å²) >= 11 is 1.58. The van der Waals surface area contributed by atoms with Gasteiger partial charge in [-0.05, 0) is 18.6 Å². The Bertz CT molecular complexity index is 680. The predicted octanol–water partition coefficient (Wildman–Crippen LogP) is 2.27. The summed E-state index contributed by atoms with van der Waals surface area (Å²) in [5, 5.41) is 0. The van der Waals surface area contributed by atoms with Crippen molar-refractivity contribution in [2.75, 3.05) is 43.5 Å². The molecular weight excluding hydrogens is 352 g/mol. The quantitative estimate of drug-likeness (QED) is 0.807. The largest absolute Gasteiger partial charge is 0.347 e. The van der Waals surface area contributed by atoms with E-state index in [0.29, 0.717) is 51.4 Å². The van der Waals surface area contributed by atoms with Crippen molar-refractivity contribution in [1.82, 2.24) is 4.90 Å². The molecule has 1 aromatic rings. The Balaban J connectivity index is 1.27. The molecular formula is C19H24N2O4S. The van der Waals surface area contributed by atoms with Gasteiger partial charge >= 0.3 is 0 Å². The van der Waals surface area contributed by atoms with Gasteiger partial charge in [-0.3, -0.25) is 9.59 Å². The van der Waals surface area contributed by atoms with Crippen molar-refractivity contribution in [3.05, 3.63) is 24.3 Å². The Hall–Kier alpha value is -1.57. The molecule has 0 bridgehead atoms. The molecule has 0 unspecified atom stereocenters. The lowest BCUT2D eigenvalue weighted by Gasteiger charge is -2.37. The number of ether oxygens (including phenoxy) is 2. The number of thioether (sulfide) groups is 1. The first-order valence-corrected chi connectivity index (χ1v) is 10.2. The molecule has 2 saturated heterocycles. The van der Waals surface area contributed by atoms with E-state index in [9.17, 15) is 9.59 Å². The number of piperidine rings is 1. The minimum absolute atomic E-state index is 0.122. The molecule has 0 N–H and O–H groups in total. The highest BCUT2D eigenvalue weighted by molar-refractivity contribution is 8.00. The van der Waals surface area contributed by atoms with Crippen molar-refractivity contribution in [3.8, 4) is 0 Å². The maximum absolute atomic E-state index is 12.5. The molecule has 0 aliphatic carbocycles. The number of likely N-dealkylation sites (tertiary alicyclic amines) is 1. The zero-order chi connectivity index (χ0) is 18.0. The number of carbonyl (C=O) groups excluding carboxylic acids is 2. The fourth-order valence-corrected chi connectivity index (χ4v) is 4.76. The van der Waals surface area contributed by atoms with Gasteiger partial charge in [-0.15, -0.1) is 11.8 Å². The lowest BCUT2D eigenvalue weighted by Crippen LogP contribution is -2.47. The van der Waals surface area contributed by atoms with Gasteiger partial charge in [0.15, 0.2) is 5.79 Å². The number of rotatable bonds is 4. The van der Waals surface area contributed by atoms with E-state index in [1.54, 1.807) is 11.8 Å². The third kappa shape index (κ3) is 3.61. The van der Waals surface area contributed by atoms with Gasteiger partial charge in [-0.25, -0.2) is 0 Å². The average Bonchev–Trinajstić information content (AvgIpc) is 3.12. The number of carbonyl (C=O) groups is 2. The zero-order valence-electron chi connectivity index (χ0n) is 14.8. The Morgan fingerprint density at radius 2 is 1.88 bits per heavy atom. The van der Waals surface area contributed by atoms with Gasteiger partial charge in [0.1, 0.15) is 0 Å². The van der Waals surface area contributed by atoms with Crippen LogP contribution >= 0.6 is 11.8 Å². The van der Waals surface area contributed by atoms with E-state index >= 15 is 0 Å². The number of anilines is 1. The second-order valence-corrected chi connectivity index (χ2v) is 7.91. The molecule has 0 saturated carbocycles. The molecule has 0 radical (unpaired) electrons. The molecule has 140 valence electrons. The van der Waals surface area contributed by atoms with Crippen LogP contribution in [0, 0.1) is 0 Å². The third-order valence-corrected chi connectivity index (χ3v) is 6.32. The molecule has 2 amide bonds. The van der Waals surface area contributed by atoms with Crippen molar-refractivity contribution in [3.63, 3.8) is 0 Å². The number of amides is 2. The summed E-state index contributed by atoms with van der Waals surface area (Å²) in [6.07, 6.45) is 2.63. The van der Waals surface area contributed by atoms with Gasteiger partial charge in [0.05, 0.1) is 24.7 Å².